The number of thiazole rings is 1. The number of esters is 1. The number of para-hydroxylation sites is 1. The molecule has 0 aliphatic heterocycles. The van der Waals surface area contributed by atoms with E-state index in [0.29, 0.717) is 11.4 Å². The summed E-state index contributed by atoms with van der Waals surface area (Å²) in [7, 11) is 0. The van der Waals surface area contributed by atoms with Gasteiger partial charge in [0, 0.05) is 11.9 Å². The molecule has 26 heavy (non-hydrogen) atoms. The molecule has 0 aliphatic rings. The van der Waals surface area contributed by atoms with Gasteiger partial charge in [0.1, 0.15) is 0 Å². The summed E-state index contributed by atoms with van der Waals surface area (Å²) in [5.41, 5.74) is 1.33. The van der Waals surface area contributed by atoms with Crippen LogP contribution in [-0.2, 0) is 14.3 Å². The van der Waals surface area contributed by atoms with Crippen LogP contribution in [0.4, 0.5) is 5.69 Å². The largest absolute Gasteiger partial charge is 0.456 e. The fourth-order valence-corrected chi connectivity index (χ4v) is 4.24. The minimum atomic E-state index is -0.466. The minimum Gasteiger partial charge on any atom is -0.456 e. The zero-order valence-electron chi connectivity index (χ0n) is 13.5. The number of nitrogens with zero attached hydrogens (tertiary/aromatic N) is 2. The van der Waals surface area contributed by atoms with Crippen LogP contribution < -0.4 is 5.32 Å². The predicted octanol–water partition coefficient (Wildman–Crippen LogP) is 4.01. The van der Waals surface area contributed by atoms with E-state index in [0.717, 1.165) is 14.6 Å². The maximum Gasteiger partial charge on any atom is 0.307 e. The molecule has 9 heteroatoms. The van der Waals surface area contributed by atoms with Crippen molar-refractivity contribution in [1.82, 2.24) is 9.97 Å². The Labute approximate surface area is 162 Å². The number of amides is 1. The summed E-state index contributed by atoms with van der Waals surface area (Å²) in [6.07, 6.45) is 1.71. The summed E-state index contributed by atoms with van der Waals surface area (Å²) in [5, 5.41) is 2.72. The van der Waals surface area contributed by atoms with Crippen molar-refractivity contribution in [2.75, 3.05) is 17.7 Å². The van der Waals surface area contributed by atoms with E-state index in [2.05, 4.69) is 15.3 Å². The van der Waals surface area contributed by atoms with Crippen LogP contribution in [0.25, 0.3) is 10.2 Å². The maximum absolute atomic E-state index is 11.8. The summed E-state index contributed by atoms with van der Waals surface area (Å²) in [6.45, 7) is -0.365. The Kier molecular flexibility index (Phi) is 6.43. The second-order valence-electron chi connectivity index (χ2n) is 5.10. The average molecular weight is 408 g/mol. The molecule has 0 bridgehead atoms. The Morgan fingerprint density at radius 2 is 2.08 bits per heavy atom. The van der Waals surface area contributed by atoms with Crippen molar-refractivity contribution in [1.29, 1.82) is 0 Å². The first-order chi connectivity index (χ1) is 12.6. The van der Waals surface area contributed by atoms with Crippen molar-refractivity contribution in [3.05, 3.63) is 47.7 Å². The number of anilines is 1. The number of carbonyl (C=O) groups excluding carboxylic acids is 2. The lowest BCUT2D eigenvalue weighted by Gasteiger charge is -2.07. The number of benzene rings is 1. The fraction of sp³-hybridized carbons (Fsp3) is 0.176. The van der Waals surface area contributed by atoms with Gasteiger partial charge in [-0.15, -0.1) is 11.3 Å². The number of hydrogen-bond acceptors (Lipinski definition) is 7. The summed E-state index contributed by atoms with van der Waals surface area (Å²) in [4.78, 5) is 31.9. The monoisotopic (exact) mass is 407 g/mol. The van der Waals surface area contributed by atoms with Gasteiger partial charge in [0.15, 0.2) is 16.1 Å². The Hall–Kier alpha value is -2.16. The summed E-state index contributed by atoms with van der Waals surface area (Å²) < 4.78 is 6.99. The van der Waals surface area contributed by atoms with E-state index in [1.807, 2.05) is 24.3 Å². The molecular formula is C17H14ClN3O3S2. The zero-order chi connectivity index (χ0) is 18.4. The van der Waals surface area contributed by atoms with E-state index < -0.39 is 11.9 Å². The number of ether oxygens (including phenoxy) is 1. The second-order valence-corrected chi connectivity index (χ2v) is 7.83. The quantitative estimate of drug-likeness (QED) is 0.362. The van der Waals surface area contributed by atoms with Crippen LogP contribution in [0.5, 0.6) is 0 Å². The summed E-state index contributed by atoms with van der Waals surface area (Å²) in [5.74, 6) is -0.368. The molecule has 0 unspecified atom stereocenters. The Bertz CT molecular complexity index is 899. The number of fused-ring (bicyclic) bond motifs is 1. The smallest absolute Gasteiger partial charge is 0.307 e. The third-order valence-corrected chi connectivity index (χ3v) is 5.69. The average Bonchev–Trinajstić information content (AvgIpc) is 3.05. The molecular weight excluding hydrogens is 394 g/mol. The molecule has 0 saturated carbocycles. The van der Waals surface area contributed by atoms with Crippen molar-refractivity contribution in [3.8, 4) is 0 Å². The standard InChI is InChI=1S/C17H14ClN3O3S2/c18-16-12(5-3-8-19-16)20-14(22)10-24-15(23)7-9-25-17-21-11-4-1-2-6-13(11)26-17/h1-6,8H,7,9-10H2,(H,20,22). The maximum atomic E-state index is 11.8. The number of rotatable bonds is 7. The van der Waals surface area contributed by atoms with Gasteiger partial charge in [-0.25, -0.2) is 9.97 Å². The normalized spacial score (nSPS) is 10.7. The number of pyridine rings is 1. The van der Waals surface area contributed by atoms with Gasteiger partial charge in [-0.3, -0.25) is 9.59 Å². The first-order valence-electron chi connectivity index (χ1n) is 7.66. The predicted molar refractivity (Wildman–Crippen MR) is 104 cm³/mol. The molecule has 3 rings (SSSR count). The van der Waals surface area contributed by atoms with Gasteiger partial charge < -0.3 is 10.1 Å². The molecule has 1 aromatic carbocycles. The lowest BCUT2D eigenvalue weighted by molar-refractivity contribution is -0.146. The Balaban J connectivity index is 1.38. The van der Waals surface area contributed by atoms with Gasteiger partial charge in [-0.2, -0.15) is 0 Å². The molecule has 0 saturated heterocycles. The number of nitrogens with one attached hydrogen (secondary N) is 1. The number of carbonyl (C=O) groups is 2. The zero-order valence-corrected chi connectivity index (χ0v) is 15.9. The van der Waals surface area contributed by atoms with Crippen molar-refractivity contribution in [2.45, 2.75) is 10.8 Å². The van der Waals surface area contributed by atoms with E-state index >= 15 is 0 Å². The number of halogens is 1. The molecule has 6 nitrogen and oxygen atoms in total. The molecule has 0 aliphatic carbocycles. The van der Waals surface area contributed by atoms with Gasteiger partial charge in [-0.1, -0.05) is 35.5 Å². The summed E-state index contributed by atoms with van der Waals surface area (Å²) in [6, 6.07) is 11.1. The highest BCUT2D eigenvalue weighted by atomic mass is 35.5. The van der Waals surface area contributed by atoms with Gasteiger partial charge in [-0.05, 0) is 24.3 Å². The van der Waals surface area contributed by atoms with E-state index in [4.69, 9.17) is 16.3 Å². The molecule has 0 radical (unpaired) electrons. The van der Waals surface area contributed by atoms with Crippen LogP contribution in [0, 0.1) is 0 Å². The lowest BCUT2D eigenvalue weighted by Crippen LogP contribution is -2.21. The van der Waals surface area contributed by atoms with Gasteiger partial charge in [0.2, 0.25) is 0 Å². The van der Waals surface area contributed by atoms with Crippen molar-refractivity contribution in [2.24, 2.45) is 0 Å². The highest BCUT2D eigenvalue weighted by molar-refractivity contribution is 8.01. The van der Waals surface area contributed by atoms with Crippen molar-refractivity contribution < 1.29 is 14.3 Å². The molecule has 0 fully saturated rings. The molecule has 0 spiro atoms. The SMILES string of the molecule is O=C(COC(=O)CCSc1nc2ccccc2s1)Nc1cccnc1Cl. The van der Waals surface area contributed by atoms with Crippen LogP contribution in [0.15, 0.2) is 46.9 Å². The molecule has 3 aromatic rings. The van der Waals surface area contributed by atoms with Crippen molar-refractivity contribution in [3.63, 3.8) is 0 Å². The van der Waals surface area contributed by atoms with E-state index in [9.17, 15) is 9.59 Å². The topological polar surface area (TPSA) is 81.2 Å². The number of aromatic nitrogens is 2. The van der Waals surface area contributed by atoms with Crippen molar-refractivity contribution >= 4 is 62.5 Å². The molecule has 134 valence electrons. The number of hydrogen-bond donors (Lipinski definition) is 1. The van der Waals surface area contributed by atoms with Crippen LogP contribution in [0.2, 0.25) is 5.15 Å². The minimum absolute atomic E-state index is 0.180. The number of thioether (sulfide) groups is 1. The Morgan fingerprint density at radius 3 is 2.88 bits per heavy atom. The highest BCUT2D eigenvalue weighted by Gasteiger charge is 2.11. The van der Waals surface area contributed by atoms with Gasteiger partial charge in [0.25, 0.3) is 5.91 Å². The highest BCUT2D eigenvalue weighted by Crippen LogP contribution is 2.29. The molecule has 1 N–H and O–H groups in total. The fourth-order valence-electron chi connectivity index (χ4n) is 2.02. The molecule has 1 amide bonds. The first kappa shape index (κ1) is 18.6. The third-order valence-electron chi connectivity index (χ3n) is 3.20. The molecule has 2 aromatic heterocycles. The van der Waals surface area contributed by atoms with Gasteiger partial charge >= 0.3 is 5.97 Å². The van der Waals surface area contributed by atoms with E-state index in [-0.39, 0.29) is 18.2 Å². The van der Waals surface area contributed by atoms with Crippen LogP contribution in [-0.4, -0.2) is 34.2 Å². The lowest BCUT2D eigenvalue weighted by atomic mass is 10.3. The third kappa shape index (κ3) is 5.17. The van der Waals surface area contributed by atoms with Gasteiger partial charge in [0.05, 0.1) is 22.3 Å². The van der Waals surface area contributed by atoms with E-state index in [1.54, 1.807) is 23.5 Å². The van der Waals surface area contributed by atoms with E-state index in [1.165, 1.54) is 18.0 Å². The Morgan fingerprint density at radius 1 is 1.23 bits per heavy atom. The second kappa shape index (κ2) is 8.98. The molecule has 0 atom stereocenters. The van der Waals surface area contributed by atoms with Crippen LogP contribution in [0.1, 0.15) is 6.42 Å². The summed E-state index contributed by atoms with van der Waals surface area (Å²) >= 11 is 8.93. The molecule has 2 heterocycles. The van der Waals surface area contributed by atoms with Crippen LogP contribution >= 0.6 is 34.7 Å². The first-order valence-corrected chi connectivity index (χ1v) is 9.84. The van der Waals surface area contributed by atoms with Crippen LogP contribution in [0.3, 0.4) is 0 Å².